The molecule has 4 rings (SSSR count). The lowest BCUT2D eigenvalue weighted by Gasteiger charge is -2.27. The molecule has 4 aromatic rings. The van der Waals surface area contributed by atoms with Gasteiger partial charge in [0, 0.05) is 36.6 Å². The van der Waals surface area contributed by atoms with Gasteiger partial charge in [0.05, 0.1) is 11.7 Å². The van der Waals surface area contributed by atoms with Crippen LogP contribution in [0.5, 0.6) is 0 Å². The molecule has 0 aliphatic carbocycles. The molecular weight excluding hydrogens is 375 g/mol. The Labute approximate surface area is 166 Å². The van der Waals surface area contributed by atoms with Gasteiger partial charge in [-0.15, -0.1) is 11.3 Å². The number of fused-ring (bicyclic) bond motifs is 1. The lowest BCUT2D eigenvalue weighted by molar-refractivity contribution is 0.0719. The second kappa shape index (κ2) is 7.52. The van der Waals surface area contributed by atoms with Crippen LogP contribution in [0.2, 0.25) is 0 Å². The Balaban J connectivity index is 1.69. The summed E-state index contributed by atoms with van der Waals surface area (Å²) in [6.07, 6.45) is 5.99. The number of amides is 1. The van der Waals surface area contributed by atoms with Gasteiger partial charge in [0.15, 0.2) is 4.96 Å². The molecule has 3 aromatic heterocycles. The minimum atomic E-state index is -0.333. The Morgan fingerprint density at radius 3 is 2.82 bits per heavy atom. The largest absolute Gasteiger partial charge is 0.333 e. The van der Waals surface area contributed by atoms with Gasteiger partial charge in [0.1, 0.15) is 11.5 Å². The first-order chi connectivity index (χ1) is 13.6. The topological polar surface area (TPSA) is 50.5 Å². The van der Waals surface area contributed by atoms with E-state index in [1.807, 2.05) is 19.1 Å². The van der Waals surface area contributed by atoms with Crippen molar-refractivity contribution in [2.45, 2.75) is 19.4 Å². The van der Waals surface area contributed by atoms with Gasteiger partial charge in [-0.2, -0.15) is 0 Å². The van der Waals surface area contributed by atoms with Crippen molar-refractivity contribution in [1.29, 1.82) is 0 Å². The number of imidazole rings is 1. The zero-order valence-corrected chi connectivity index (χ0v) is 16.4. The lowest BCUT2D eigenvalue weighted by atomic mass is 10.1. The number of pyridine rings is 1. The third-order valence-corrected chi connectivity index (χ3v) is 5.66. The summed E-state index contributed by atoms with van der Waals surface area (Å²) in [5.41, 5.74) is 2.44. The van der Waals surface area contributed by atoms with Crippen LogP contribution in [0.25, 0.3) is 16.2 Å². The molecule has 7 heteroatoms. The Morgan fingerprint density at radius 2 is 2.11 bits per heavy atom. The molecule has 28 heavy (non-hydrogen) atoms. The fourth-order valence-electron chi connectivity index (χ4n) is 3.36. The Hall–Kier alpha value is -3.06. The van der Waals surface area contributed by atoms with Gasteiger partial charge in [-0.3, -0.25) is 14.2 Å². The van der Waals surface area contributed by atoms with Crippen molar-refractivity contribution in [3.05, 3.63) is 77.4 Å². The van der Waals surface area contributed by atoms with E-state index >= 15 is 0 Å². The second-order valence-corrected chi connectivity index (χ2v) is 7.34. The first-order valence-electron chi connectivity index (χ1n) is 8.98. The number of rotatable bonds is 5. The monoisotopic (exact) mass is 394 g/mol. The summed E-state index contributed by atoms with van der Waals surface area (Å²) in [5.74, 6) is -0.444. The van der Waals surface area contributed by atoms with E-state index in [1.165, 1.54) is 17.4 Å². The second-order valence-electron chi connectivity index (χ2n) is 6.51. The molecule has 0 N–H and O–H groups in total. The van der Waals surface area contributed by atoms with Crippen molar-refractivity contribution in [2.24, 2.45) is 0 Å². The van der Waals surface area contributed by atoms with Gasteiger partial charge in [-0.25, -0.2) is 9.37 Å². The number of hydrogen-bond donors (Lipinski definition) is 0. The summed E-state index contributed by atoms with van der Waals surface area (Å²) in [6.45, 7) is 2.04. The summed E-state index contributed by atoms with van der Waals surface area (Å²) in [5, 5.41) is 1.79. The summed E-state index contributed by atoms with van der Waals surface area (Å²) < 4.78 is 15.8. The molecule has 0 bridgehead atoms. The molecule has 1 aromatic carbocycles. The lowest BCUT2D eigenvalue weighted by Crippen LogP contribution is -2.31. The Bertz CT molecular complexity index is 1120. The summed E-state index contributed by atoms with van der Waals surface area (Å²) in [4.78, 5) is 24.2. The minimum Gasteiger partial charge on any atom is -0.333 e. The zero-order chi connectivity index (χ0) is 19.7. The fraction of sp³-hybridized carbons (Fsp3) is 0.190. The van der Waals surface area contributed by atoms with E-state index in [4.69, 9.17) is 0 Å². The Kier molecular flexibility index (Phi) is 4.92. The van der Waals surface area contributed by atoms with E-state index in [1.54, 1.807) is 58.5 Å². The first-order valence-corrected chi connectivity index (χ1v) is 9.86. The van der Waals surface area contributed by atoms with Gasteiger partial charge < -0.3 is 4.90 Å². The molecule has 142 valence electrons. The average molecular weight is 394 g/mol. The molecule has 5 nitrogen and oxygen atoms in total. The highest BCUT2D eigenvalue weighted by Gasteiger charge is 2.25. The van der Waals surface area contributed by atoms with Crippen LogP contribution in [0, 0.1) is 5.82 Å². The summed E-state index contributed by atoms with van der Waals surface area (Å²) >= 11 is 1.37. The number of halogens is 1. The van der Waals surface area contributed by atoms with Crippen LogP contribution in [0.1, 0.15) is 35.4 Å². The average Bonchev–Trinajstić information content (AvgIpc) is 3.30. The molecule has 1 atom stereocenters. The summed E-state index contributed by atoms with van der Waals surface area (Å²) in [7, 11) is 1.79. The third-order valence-electron chi connectivity index (χ3n) is 4.82. The van der Waals surface area contributed by atoms with Crippen molar-refractivity contribution in [3.63, 3.8) is 0 Å². The predicted molar refractivity (Wildman–Crippen MR) is 108 cm³/mol. The number of carbonyl (C=O) groups excluding carboxylic acids is 1. The highest BCUT2D eigenvalue weighted by atomic mass is 32.1. The summed E-state index contributed by atoms with van der Waals surface area (Å²) in [6, 6.07) is 10.3. The van der Waals surface area contributed by atoms with Crippen LogP contribution >= 0.6 is 11.3 Å². The van der Waals surface area contributed by atoms with Crippen LogP contribution in [0.15, 0.2) is 60.4 Å². The van der Waals surface area contributed by atoms with Gasteiger partial charge in [-0.05, 0) is 30.2 Å². The van der Waals surface area contributed by atoms with Crippen LogP contribution in [0.4, 0.5) is 4.39 Å². The quantitative estimate of drug-likeness (QED) is 0.488. The van der Waals surface area contributed by atoms with Crippen molar-refractivity contribution in [3.8, 4) is 11.3 Å². The van der Waals surface area contributed by atoms with E-state index in [-0.39, 0.29) is 17.8 Å². The van der Waals surface area contributed by atoms with Crippen molar-refractivity contribution in [2.75, 3.05) is 7.05 Å². The zero-order valence-electron chi connectivity index (χ0n) is 15.5. The van der Waals surface area contributed by atoms with E-state index < -0.39 is 0 Å². The Morgan fingerprint density at radius 1 is 1.29 bits per heavy atom. The molecule has 0 saturated heterocycles. The predicted octanol–water partition coefficient (Wildman–Crippen LogP) is 4.82. The molecule has 1 unspecified atom stereocenters. The number of hydrogen-bond acceptors (Lipinski definition) is 4. The van der Waals surface area contributed by atoms with E-state index in [2.05, 4.69) is 9.97 Å². The molecule has 1 amide bonds. The maximum atomic E-state index is 14.1. The maximum absolute atomic E-state index is 14.1. The van der Waals surface area contributed by atoms with Crippen LogP contribution < -0.4 is 0 Å². The van der Waals surface area contributed by atoms with Crippen molar-refractivity contribution >= 4 is 22.2 Å². The smallest absolute Gasteiger partial charge is 0.272 e. The van der Waals surface area contributed by atoms with E-state index in [0.717, 1.165) is 12.0 Å². The number of thiazole rings is 1. The fourth-order valence-corrected chi connectivity index (χ4v) is 4.21. The normalized spacial score (nSPS) is 12.2. The molecule has 0 radical (unpaired) electrons. The maximum Gasteiger partial charge on any atom is 0.272 e. The van der Waals surface area contributed by atoms with Gasteiger partial charge in [-0.1, -0.05) is 25.1 Å². The number of benzene rings is 1. The standard InChI is InChI=1S/C21H19FN4OS/c1-3-18(14-7-6-10-23-11-14)25(2)20(27)19-13-28-21-24-17(12-26(19)21)15-8-4-5-9-16(15)22/h4-13,18H,3H2,1-2H3. The van der Waals surface area contributed by atoms with Crippen LogP contribution in [-0.4, -0.2) is 32.2 Å². The molecule has 3 heterocycles. The van der Waals surface area contributed by atoms with Gasteiger partial charge in [0.2, 0.25) is 0 Å². The van der Waals surface area contributed by atoms with Crippen molar-refractivity contribution < 1.29 is 9.18 Å². The molecule has 0 spiro atoms. The molecule has 0 aliphatic rings. The minimum absolute atomic E-state index is 0.0780. The van der Waals surface area contributed by atoms with E-state index in [9.17, 15) is 9.18 Å². The first kappa shape index (κ1) is 18.3. The third kappa shape index (κ3) is 3.18. The molecule has 0 saturated carbocycles. The SMILES string of the molecule is CCC(c1cccnc1)N(C)C(=O)c1csc2nc(-c3ccccc3F)cn12. The highest BCUT2D eigenvalue weighted by molar-refractivity contribution is 7.15. The van der Waals surface area contributed by atoms with Gasteiger partial charge >= 0.3 is 0 Å². The van der Waals surface area contributed by atoms with Crippen molar-refractivity contribution in [1.82, 2.24) is 19.3 Å². The molecule has 0 aliphatic heterocycles. The molecule has 0 fully saturated rings. The number of carbonyl (C=O) groups is 1. The molecular formula is C21H19FN4OS. The number of aromatic nitrogens is 3. The van der Waals surface area contributed by atoms with Crippen LogP contribution in [-0.2, 0) is 0 Å². The van der Waals surface area contributed by atoms with E-state index in [0.29, 0.717) is 21.9 Å². The highest BCUT2D eigenvalue weighted by Crippen LogP contribution is 2.28. The van der Waals surface area contributed by atoms with Gasteiger partial charge in [0.25, 0.3) is 5.91 Å². The number of nitrogens with zero attached hydrogens (tertiary/aromatic N) is 4. The van der Waals surface area contributed by atoms with Crippen LogP contribution in [0.3, 0.4) is 0 Å².